The first-order valence-electron chi connectivity index (χ1n) is 6.91. The van der Waals surface area contributed by atoms with Crippen molar-refractivity contribution in [2.75, 3.05) is 0 Å². The molecule has 82 valence electrons. The highest BCUT2D eigenvalue weighted by Crippen LogP contribution is 2.20. The minimum atomic E-state index is -0.248. The smallest absolute Gasteiger partial charge is 0.0316 e. The average molecular weight is 212 g/mol. The molecule has 0 aromatic heterocycles. The number of benzene rings is 2. The Morgan fingerprint density at radius 1 is 1.00 bits per heavy atom. The monoisotopic (exact) mass is 212 g/mol. The Bertz CT molecular complexity index is 453. The molecule has 0 saturated carbocycles. The second-order valence-electron chi connectivity index (χ2n) is 3.96. The molecule has 2 unspecified atom stereocenters. The Balaban J connectivity index is 2.07. The summed E-state index contributed by atoms with van der Waals surface area (Å²) < 4.78 is 15.9. The SMILES string of the molecule is [2H]CC(CC([2H])c1ccccc1)c1ccccc1. The van der Waals surface area contributed by atoms with E-state index in [0.29, 0.717) is 13.3 Å². The van der Waals surface area contributed by atoms with E-state index < -0.39 is 0 Å². The highest BCUT2D eigenvalue weighted by atomic mass is 14.1. The molecule has 2 atom stereocenters. The standard InChI is InChI=1S/C16H18/c1-14(16-10-6-3-7-11-16)12-13-15-8-4-2-5-9-15/h2-11,14H,12-13H2,1H3/i1D,13D. The summed E-state index contributed by atoms with van der Waals surface area (Å²) >= 11 is 0. The fourth-order valence-corrected chi connectivity index (χ4v) is 1.73. The molecule has 2 aromatic rings. The zero-order valence-electron chi connectivity index (χ0n) is 11.3. The highest BCUT2D eigenvalue weighted by Gasteiger charge is 2.04. The molecule has 2 aromatic carbocycles. The van der Waals surface area contributed by atoms with E-state index in [1.165, 1.54) is 5.56 Å². The van der Waals surface area contributed by atoms with Crippen molar-refractivity contribution in [3.63, 3.8) is 0 Å². The van der Waals surface area contributed by atoms with E-state index >= 15 is 0 Å². The van der Waals surface area contributed by atoms with E-state index in [0.717, 1.165) is 5.56 Å². The molecule has 2 rings (SSSR count). The van der Waals surface area contributed by atoms with Crippen molar-refractivity contribution in [1.82, 2.24) is 0 Å². The van der Waals surface area contributed by atoms with Gasteiger partial charge in [0, 0.05) is 2.74 Å². The Morgan fingerprint density at radius 2 is 1.62 bits per heavy atom. The lowest BCUT2D eigenvalue weighted by Crippen LogP contribution is -1.95. The summed E-state index contributed by atoms with van der Waals surface area (Å²) in [6, 6.07) is 20.0. The third-order valence-electron chi connectivity index (χ3n) is 2.71. The van der Waals surface area contributed by atoms with Crippen LogP contribution in [0.3, 0.4) is 0 Å². The van der Waals surface area contributed by atoms with Crippen LogP contribution < -0.4 is 0 Å². The molecule has 0 aliphatic rings. The summed E-state index contributed by atoms with van der Waals surface area (Å²) in [6.45, 7) is 0.340. The first kappa shape index (κ1) is 8.58. The van der Waals surface area contributed by atoms with Gasteiger partial charge in [0.2, 0.25) is 0 Å². The van der Waals surface area contributed by atoms with E-state index in [4.69, 9.17) is 2.74 Å². The van der Waals surface area contributed by atoms with E-state index in [-0.39, 0.29) is 12.3 Å². The average Bonchev–Trinajstić information content (AvgIpc) is 2.46. The maximum absolute atomic E-state index is 8.21. The molecule has 0 saturated heterocycles. The van der Waals surface area contributed by atoms with Crippen LogP contribution in [0.2, 0.25) is 0 Å². The molecule has 0 bridgehead atoms. The van der Waals surface area contributed by atoms with Gasteiger partial charge in [-0.25, -0.2) is 0 Å². The van der Waals surface area contributed by atoms with Gasteiger partial charge in [0.15, 0.2) is 0 Å². The molecular weight excluding hydrogens is 192 g/mol. The molecule has 0 fully saturated rings. The molecule has 0 N–H and O–H groups in total. The fraction of sp³-hybridized carbons (Fsp3) is 0.250. The summed E-state index contributed by atoms with van der Waals surface area (Å²) in [5, 5.41) is 0. The normalized spacial score (nSPS) is 16.0. The summed E-state index contributed by atoms with van der Waals surface area (Å²) in [7, 11) is 0. The van der Waals surface area contributed by atoms with Crippen LogP contribution in [0, 0.1) is 0 Å². The molecule has 0 radical (unpaired) electrons. The second-order valence-corrected chi connectivity index (χ2v) is 3.96. The minimum absolute atomic E-state index is 0.147. The van der Waals surface area contributed by atoms with Gasteiger partial charge in [0.1, 0.15) is 0 Å². The highest BCUT2D eigenvalue weighted by molar-refractivity contribution is 5.20. The molecule has 0 spiro atoms. The third-order valence-corrected chi connectivity index (χ3v) is 2.71. The lowest BCUT2D eigenvalue weighted by atomic mass is 9.94. The lowest BCUT2D eigenvalue weighted by Gasteiger charge is -2.11. The van der Waals surface area contributed by atoms with Crippen LogP contribution in [0.25, 0.3) is 0 Å². The first-order chi connectivity index (χ1) is 8.81. The predicted octanol–water partition coefficient (Wildman–Crippen LogP) is 4.42. The van der Waals surface area contributed by atoms with Crippen LogP contribution in [-0.4, -0.2) is 0 Å². The quantitative estimate of drug-likeness (QED) is 0.703. The van der Waals surface area contributed by atoms with Crippen molar-refractivity contribution in [1.29, 1.82) is 0 Å². The van der Waals surface area contributed by atoms with Crippen LogP contribution in [0.1, 0.15) is 33.1 Å². The molecular formula is C16H18. The Labute approximate surface area is 101 Å². The third kappa shape index (κ3) is 2.96. The Kier molecular flexibility index (Phi) is 2.95. The number of hydrogen-bond acceptors (Lipinski definition) is 0. The zero-order valence-corrected chi connectivity index (χ0v) is 9.34. The summed E-state index contributed by atoms with van der Waals surface area (Å²) in [6.07, 6.45) is 0.458. The summed E-state index contributed by atoms with van der Waals surface area (Å²) in [4.78, 5) is 0. The predicted molar refractivity (Wildman–Crippen MR) is 69.6 cm³/mol. The largest absolute Gasteiger partial charge is 0.0622 e. The van der Waals surface area contributed by atoms with Gasteiger partial charge in [-0.2, -0.15) is 0 Å². The van der Waals surface area contributed by atoms with Gasteiger partial charge in [0.25, 0.3) is 0 Å². The van der Waals surface area contributed by atoms with E-state index in [1.807, 2.05) is 48.5 Å². The molecule has 0 heterocycles. The number of aryl methyl sites for hydroxylation is 1. The van der Waals surface area contributed by atoms with Crippen LogP contribution in [0.4, 0.5) is 0 Å². The van der Waals surface area contributed by atoms with Gasteiger partial charge in [-0.15, -0.1) is 0 Å². The van der Waals surface area contributed by atoms with E-state index in [2.05, 4.69) is 12.1 Å². The maximum atomic E-state index is 8.21. The summed E-state index contributed by atoms with van der Waals surface area (Å²) in [5.41, 5.74) is 2.20. The number of hydrogen-bond donors (Lipinski definition) is 0. The van der Waals surface area contributed by atoms with E-state index in [1.54, 1.807) is 0 Å². The van der Waals surface area contributed by atoms with Crippen molar-refractivity contribution in [3.05, 3.63) is 71.8 Å². The van der Waals surface area contributed by atoms with E-state index in [9.17, 15) is 0 Å². The van der Waals surface area contributed by atoms with Crippen LogP contribution in [0.5, 0.6) is 0 Å². The molecule has 0 heteroatoms. The van der Waals surface area contributed by atoms with Gasteiger partial charge < -0.3 is 0 Å². The van der Waals surface area contributed by atoms with Crippen molar-refractivity contribution < 1.29 is 2.74 Å². The fourth-order valence-electron chi connectivity index (χ4n) is 1.73. The molecule has 0 aliphatic carbocycles. The van der Waals surface area contributed by atoms with Crippen LogP contribution in [-0.2, 0) is 6.40 Å². The number of rotatable bonds is 4. The van der Waals surface area contributed by atoms with Gasteiger partial charge in [-0.05, 0) is 29.9 Å². The summed E-state index contributed by atoms with van der Waals surface area (Å²) in [5.74, 6) is 0.147. The van der Waals surface area contributed by atoms with Gasteiger partial charge >= 0.3 is 0 Å². The van der Waals surface area contributed by atoms with Gasteiger partial charge in [-0.3, -0.25) is 0 Å². The lowest BCUT2D eigenvalue weighted by molar-refractivity contribution is 0.679. The Morgan fingerprint density at radius 3 is 2.25 bits per heavy atom. The van der Waals surface area contributed by atoms with Crippen molar-refractivity contribution >= 4 is 0 Å². The van der Waals surface area contributed by atoms with Crippen molar-refractivity contribution in [2.45, 2.75) is 25.6 Å². The first-order valence-corrected chi connectivity index (χ1v) is 5.62. The molecule has 0 amide bonds. The Hall–Kier alpha value is -1.56. The molecule has 0 nitrogen and oxygen atoms in total. The second kappa shape index (κ2) is 5.50. The van der Waals surface area contributed by atoms with Gasteiger partial charge in [-0.1, -0.05) is 67.6 Å². The topological polar surface area (TPSA) is 0 Å². The molecule has 0 aliphatic heterocycles. The van der Waals surface area contributed by atoms with Crippen molar-refractivity contribution in [3.8, 4) is 0 Å². The maximum Gasteiger partial charge on any atom is 0.0316 e. The molecule has 16 heavy (non-hydrogen) atoms. The van der Waals surface area contributed by atoms with Crippen LogP contribution >= 0.6 is 0 Å². The minimum Gasteiger partial charge on any atom is -0.0622 e. The van der Waals surface area contributed by atoms with Crippen molar-refractivity contribution in [2.24, 2.45) is 0 Å². The van der Waals surface area contributed by atoms with Crippen LogP contribution in [0.15, 0.2) is 60.7 Å². The zero-order chi connectivity index (χ0) is 12.8. The van der Waals surface area contributed by atoms with Gasteiger partial charge in [0.05, 0.1) is 0 Å².